The Morgan fingerprint density at radius 1 is 1.30 bits per heavy atom. The zero-order valence-corrected chi connectivity index (χ0v) is 17.2. The second kappa shape index (κ2) is 10.2. The Labute approximate surface area is 163 Å². The zero-order valence-electron chi connectivity index (χ0n) is 13.5. The van der Waals surface area contributed by atoms with Gasteiger partial charge in [-0.15, -0.1) is 11.3 Å². The monoisotopic (exact) mass is 372 g/mol. The summed E-state index contributed by atoms with van der Waals surface area (Å²) in [6.07, 6.45) is 1.92. The van der Waals surface area contributed by atoms with Gasteiger partial charge in [-0.1, -0.05) is 19.8 Å². The molecule has 1 atom stereocenters. The molecule has 0 saturated carbocycles. The smallest absolute Gasteiger partial charge is 0.748 e. The van der Waals surface area contributed by atoms with E-state index in [-0.39, 0.29) is 48.7 Å². The first-order valence-corrected chi connectivity index (χ1v) is 9.80. The summed E-state index contributed by atoms with van der Waals surface area (Å²) >= 11 is 1.51. The van der Waals surface area contributed by atoms with Gasteiger partial charge in [0.05, 0.1) is 15.4 Å². The maximum Gasteiger partial charge on any atom is 1.00 e. The fraction of sp³-hybridized carbons (Fsp3) is 0.714. The van der Waals surface area contributed by atoms with Crippen molar-refractivity contribution in [2.45, 2.75) is 44.0 Å². The van der Waals surface area contributed by atoms with Crippen molar-refractivity contribution in [2.24, 2.45) is 0 Å². The van der Waals surface area contributed by atoms with E-state index >= 15 is 0 Å². The minimum Gasteiger partial charge on any atom is -0.748 e. The molecule has 0 N–H and O–H groups in total. The molecule has 1 unspecified atom stereocenters. The summed E-state index contributed by atoms with van der Waals surface area (Å²) in [5.74, 6) is 1.41. The normalized spacial score (nSPS) is 16.4. The van der Waals surface area contributed by atoms with Gasteiger partial charge >= 0.3 is 29.6 Å². The third-order valence-corrected chi connectivity index (χ3v) is 5.51. The summed E-state index contributed by atoms with van der Waals surface area (Å²) in [7, 11) is -4.27. The van der Waals surface area contributed by atoms with Gasteiger partial charge in [0.15, 0.2) is 11.5 Å². The molecule has 126 valence electrons. The van der Waals surface area contributed by atoms with Gasteiger partial charge in [0, 0.05) is 17.4 Å². The second-order valence-electron chi connectivity index (χ2n) is 5.26. The van der Waals surface area contributed by atoms with Crippen LogP contribution in [0, 0.1) is 0 Å². The number of hydrogen-bond acceptors (Lipinski definition) is 7. The molecule has 2 rings (SSSR count). The van der Waals surface area contributed by atoms with Crippen molar-refractivity contribution in [3.8, 4) is 11.5 Å². The Morgan fingerprint density at radius 2 is 1.91 bits per heavy atom. The van der Waals surface area contributed by atoms with Crippen molar-refractivity contribution in [3.63, 3.8) is 0 Å². The average Bonchev–Trinajstić information content (AvgIpc) is 2.82. The van der Waals surface area contributed by atoms with Crippen molar-refractivity contribution < 1.29 is 56.7 Å². The van der Waals surface area contributed by atoms with Crippen LogP contribution < -0.4 is 39.0 Å². The number of unbranched alkanes of at least 4 members (excludes halogenated alkanes) is 1. The van der Waals surface area contributed by atoms with Gasteiger partial charge in [0.25, 0.3) is 0 Å². The minimum atomic E-state index is -4.27. The van der Waals surface area contributed by atoms with Crippen LogP contribution in [0.4, 0.5) is 0 Å². The Bertz CT molecular complexity index is 537. The fourth-order valence-corrected chi connectivity index (χ4v) is 3.75. The molecule has 0 aromatic carbocycles. The summed E-state index contributed by atoms with van der Waals surface area (Å²) in [6, 6.07) is 0. The summed E-state index contributed by atoms with van der Waals surface area (Å²) < 4.78 is 50.4. The van der Waals surface area contributed by atoms with Gasteiger partial charge in [0.2, 0.25) is 0 Å². The maximum atomic E-state index is 11.2. The molecule has 0 bridgehead atoms. The molecule has 0 aliphatic carbocycles. The first-order chi connectivity index (χ1) is 10.5. The van der Waals surface area contributed by atoms with Crippen LogP contribution in [0.5, 0.6) is 11.5 Å². The molecule has 6 nitrogen and oxygen atoms in total. The van der Waals surface area contributed by atoms with E-state index in [2.05, 4.69) is 0 Å². The molecule has 0 radical (unpaired) electrons. The van der Waals surface area contributed by atoms with Crippen molar-refractivity contribution in [3.05, 3.63) is 10.8 Å². The van der Waals surface area contributed by atoms with Gasteiger partial charge in [-0.3, -0.25) is 0 Å². The molecular weight excluding hydrogens is 351 g/mol. The van der Waals surface area contributed by atoms with Crippen LogP contribution in [-0.4, -0.2) is 44.1 Å². The molecule has 0 fully saturated rings. The van der Waals surface area contributed by atoms with E-state index in [0.717, 1.165) is 12.8 Å². The first-order valence-electron chi connectivity index (χ1n) is 7.38. The number of ether oxygens (including phenoxy) is 3. The maximum absolute atomic E-state index is 11.2. The largest absolute Gasteiger partial charge is 1.00 e. The molecular formula is C14H21NaO6S2. The van der Waals surface area contributed by atoms with Crippen LogP contribution in [-0.2, 0) is 14.9 Å². The molecule has 0 amide bonds. The van der Waals surface area contributed by atoms with Crippen LogP contribution >= 0.6 is 11.3 Å². The van der Waals surface area contributed by atoms with E-state index in [1.165, 1.54) is 11.3 Å². The summed E-state index contributed by atoms with van der Waals surface area (Å²) in [4.78, 5) is 0. The van der Waals surface area contributed by atoms with E-state index < -0.39 is 15.4 Å². The van der Waals surface area contributed by atoms with E-state index in [4.69, 9.17) is 14.2 Å². The molecule has 1 aliphatic heterocycles. The molecule has 0 spiro atoms. The Balaban J connectivity index is 0.00000264. The molecule has 2 heterocycles. The Morgan fingerprint density at radius 3 is 2.43 bits per heavy atom. The standard InChI is InChI=1S/C14H22O6S2.Na/c1-2-3-4-12(22(15,16)17)5-6-18-11-7-19-13-9-21-10-14(13)20-8-11;/h9-12H,2-8H2,1H3,(H,15,16,17);/q;+1/p-1. The summed E-state index contributed by atoms with van der Waals surface area (Å²) in [5.41, 5.74) is 0. The summed E-state index contributed by atoms with van der Waals surface area (Å²) in [6.45, 7) is 2.88. The topological polar surface area (TPSA) is 84.9 Å². The molecule has 1 aromatic rings. The van der Waals surface area contributed by atoms with Crippen LogP contribution in [0.2, 0.25) is 0 Å². The van der Waals surface area contributed by atoms with E-state index in [0.29, 0.717) is 31.1 Å². The minimum absolute atomic E-state index is 0. The van der Waals surface area contributed by atoms with E-state index in [9.17, 15) is 13.0 Å². The van der Waals surface area contributed by atoms with Gasteiger partial charge < -0.3 is 18.8 Å². The third-order valence-electron chi connectivity index (χ3n) is 3.52. The number of hydrogen-bond donors (Lipinski definition) is 0. The predicted octanol–water partition coefficient (Wildman–Crippen LogP) is -0.597. The van der Waals surface area contributed by atoms with Crippen LogP contribution in [0.15, 0.2) is 10.8 Å². The molecule has 1 aromatic heterocycles. The quantitative estimate of drug-likeness (QED) is 0.448. The van der Waals surface area contributed by atoms with Crippen molar-refractivity contribution in [1.82, 2.24) is 0 Å². The molecule has 23 heavy (non-hydrogen) atoms. The zero-order chi connectivity index (χ0) is 16.0. The van der Waals surface area contributed by atoms with Crippen LogP contribution in [0.25, 0.3) is 0 Å². The van der Waals surface area contributed by atoms with Gasteiger partial charge in [-0.2, -0.15) is 0 Å². The van der Waals surface area contributed by atoms with Gasteiger partial charge in [-0.05, 0) is 12.8 Å². The van der Waals surface area contributed by atoms with Crippen molar-refractivity contribution in [2.75, 3.05) is 19.8 Å². The van der Waals surface area contributed by atoms with Gasteiger partial charge in [-0.25, -0.2) is 8.42 Å². The Hall–Kier alpha value is 0.170. The fourth-order valence-electron chi connectivity index (χ4n) is 2.22. The molecule has 1 aliphatic rings. The van der Waals surface area contributed by atoms with Crippen molar-refractivity contribution in [1.29, 1.82) is 0 Å². The third kappa shape index (κ3) is 6.89. The van der Waals surface area contributed by atoms with Gasteiger partial charge in [0.1, 0.15) is 19.3 Å². The van der Waals surface area contributed by atoms with Crippen molar-refractivity contribution >= 4 is 21.5 Å². The Kier molecular flexibility index (Phi) is 9.43. The van der Waals surface area contributed by atoms with E-state index in [1.807, 2.05) is 17.7 Å². The molecule has 0 saturated heterocycles. The number of fused-ring (bicyclic) bond motifs is 1. The predicted molar refractivity (Wildman–Crippen MR) is 82.7 cm³/mol. The second-order valence-corrected chi connectivity index (χ2v) is 7.66. The summed E-state index contributed by atoms with van der Waals surface area (Å²) in [5, 5.41) is 2.85. The first kappa shape index (κ1) is 21.2. The van der Waals surface area contributed by atoms with Crippen LogP contribution in [0.1, 0.15) is 32.6 Å². The van der Waals surface area contributed by atoms with Crippen LogP contribution in [0.3, 0.4) is 0 Å². The average molecular weight is 372 g/mol. The van der Waals surface area contributed by atoms with E-state index in [1.54, 1.807) is 0 Å². The SMILES string of the molecule is CCCCC(CCOC1COc2cscc2OC1)S(=O)(=O)[O-].[Na+]. The number of thiophene rings is 1. The molecule has 9 heteroatoms. The number of rotatable bonds is 8.